The third-order valence-corrected chi connectivity index (χ3v) is 3.34. The van der Waals surface area contributed by atoms with Crippen LogP contribution in [0.1, 0.15) is 37.8 Å². The Kier molecular flexibility index (Phi) is 5.03. The van der Waals surface area contributed by atoms with Gasteiger partial charge in [-0.25, -0.2) is 4.98 Å². The molecule has 0 spiro atoms. The first-order valence-electron chi connectivity index (χ1n) is 7.11. The van der Waals surface area contributed by atoms with Gasteiger partial charge in [-0.1, -0.05) is 19.9 Å². The largest absolute Gasteiger partial charge is 0.346 e. The van der Waals surface area contributed by atoms with Crippen molar-refractivity contribution in [3.05, 3.63) is 42.2 Å². The molecule has 2 aromatic heterocycles. The lowest BCUT2D eigenvalue weighted by Gasteiger charge is -2.21. The third-order valence-electron chi connectivity index (χ3n) is 3.34. The van der Waals surface area contributed by atoms with Crippen molar-refractivity contribution < 1.29 is 4.79 Å². The number of nitrogens with one attached hydrogen (secondary N) is 1. The molecule has 0 aliphatic rings. The van der Waals surface area contributed by atoms with Gasteiger partial charge in [-0.05, 0) is 24.5 Å². The first kappa shape index (κ1) is 15.2. The number of pyridine rings is 1. The van der Waals surface area contributed by atoms with E-state index in [4.69, 9.17) is 0 Å². The average Bonchev–Trinajstić information content (AvgIpc) is 2.89. The lowest BCUT2D eigenvalue weighted by atomic mass is 10.0. The van der Waals surface area contributed by atoms with Gasteiger partial charge >= 0.3 is 0 Å². The van der Waals surface area contributed by atoms with Crippen molar-refractivity contribution in [1.82, 2.24) is 25.1 Å². The summed E-state index contributed by atoms with van der Waals surface area (Å²) in [6, 6.07) is 5.59. The number of carbonyl (C=O) groups excluding carboxylic acids is 1. The third kappa shape index (κ3) is 4.11. The molecule has 0 saturated carbocycles. The van der Waals surface area contributed by atoms with Gasteiger partial charge < -0.3 is 5.32 Å². The van der Waals surface area contributed by atoms with E-state index < -0.39 is 0 Å². The number of hydrogen-bond acceptors (Lipinski definition) is 4. The van der Waals surface area contributed by atoms with Crippen LogP contribution in [0.3, 0.4) is 0 Å². The summed E-state index contributed by atoms with van der Waals surface area (Å²) in [6.45, 7) is 4.11. The molecule has 0 fully saturated rings. The predicted molar refractivity (Wildman–Crippen MR) is 79.3 cm³/mol. The summed E-state index contributed by atoms with van der Waals surface area (Å²) in [5.74, 6) is 1.02. The molecule has 0 aliphatic heterocycles. The fraction of sp³-hybridized carbons (Fsp3) is 0.467. The van der Waals surface area contributed by atoms with Crippen molar-refractivity contribution >= 4 is 5.91 Å². The fourth-order valence-corrected chi connectivity index (χ4v) is 2.15. The zero-order valence-electron chi connectivity index (χ0n) is 12.7. The summed E-state index contributed by atoms with van der Waals surface area (Å²) in [6.07, 6.45) is 4.29. The minimum Gasteiger partial charge on any atom is -0.346 e. The molecule has 0 bridgehead atoms. The van der Waals surface area contributed by atoms with Crippen molar-refractivity contribution in [3.8, 4) is 0 Å². The van der Waals surface area contributed by atoms with Gasteiger partial charge in [-0.15, -0.1) is 0 Å². The summed E-state index contributed by atoms with van der Waals surface area (Å²) < 4.78 is 1.70. The van der Waals surface area contributed by atoms with Crippen molar-refractivity contribution in [2.45, 2.75) is 32.7 Å². The molecule has 0 saturated heterocycles. The summed E-state index contributed by atoms with van der Waals surface area (Å²) in [5, 5.41) is 7.10. The van der Waals surface area contributed by atoms with E-state index in [1.165, 1.54) is 6.33 Å². The summed E-state index contributed by atoms with van der Waals surface area (Å²) >= 11 is 0. The Morgan fingerprint density at radius 1 is 1.33 bits per heavy atom. The van der Waals surface area contributed by atoms with Crippen LogP contribution in [0.15, 0.2) is 30.7 Å². The number of rotatable bonds is 6. The molecule has 112 valence electrons. The molecule has 2 heterocycles. The quantitative estimate of drug-likeness (QED) is 0.877. The van der Waals surface area contributed by atoms with Gasteiger partial charge in [0.25, 0.3) is 0 Å². The van der Waals surface area contributed by atoms with E-state index in [9.17, 15) is 4.79 Å². The van der Waals surface area contributed by atoms with Gasteiger partial charge in [0.05, 0.1) is 6.04 Å². The van der Waals surface area contributed by atoms with Crippen LogP contribution in [0.2, 0.25) is 0 Å². The van der Waals surface area contributed by atoms with Gasteiger partial charge in [-0.2, -0.15) is 5.10 Å². The number of amides is 1. The monoisotopic (exact) mass is 287 g/mol. The highest BCUT2D eigenvalue weighted by Gasteiger charge is 2.22. The van der Waals surface area contributed by atoms with E-state index in [1.807, 2.05) is 25.2 Å². The van der Waals surface area contributed by atoms with Gasteiger partial charge in [-0.3, -0.25) is 14.5 Å². The minimum atomic E-state index is -0.131. The van der Waals surface area contributed by atoms with E-state index >= 15 is 0 Å². The number of aryl methyl sites for hydroxylation is 2. The van der Waals surface area contributed by atoms with Crippen LogP contribution in [0, 0.1) is 5.92 Å². The maximum Gasteiger partial charge on any atom is 0.220 e. The van der Waals surface area contributed by atoms with E-state index in [0.29, 0.717) is 12.8 Å². The molecule has 6 heteroatoms. The average molecular weight is 287 g/mol. The second-order valence-electron chi connectivity index (χ2n) is 5.35. The zero-order valence-corrected chi connectivity index (χ0v) is 12.7. The first-order valence-corrected chi connectivity index (χ1v) is 7.11. The van der Waals surface area contributed by atoms with Gasteiger partial charge in [0.1, 0.15) is 12.2 Å². The van der Waals surface area contributed by atoms with E-state index in [2.05, 4.69) is 34.2 Å². The highest BCUT2D eigenvalue weighted by molar-refractivity contribution is 5.76. The summed E-state index contributed by atoms with van der Waals surface area (Å²) in [7, 11) is 1.83. The van der Waals surface area contributed by atoms with Crippen LogP contribution < -0.4 is 5.32 Å². The van der Waals surface area contributed by atoms with Crippen molar-refractivity contribution in [3.63, 3.8) is 0 Å². The number of hydrogen-bond donors (Lipinski definition) is 1. The maximum absolute atomic E-state index is 12.1. The van der Waals surface area contributed by atoms with Crippen LogP contribution in [-0.4, -0.2) is 25.7 Å². The number of carbonyl (C=O) groups is 1. The Bertz CT molecular complexity index is 579. The smallest absolute Gasteiger partial charge is 0.220 e. The van der Waals surface area contributed by atoms with Crippen molar-refractivity contribution in [1.29, 1.82) is 0 Å². The topological polar surface area (TPSA) is 72.7 Å². The van der Waals surface area contributed by atoms with Crippen LogP contribution in [0.5, 0.6) is 0 Å². The molecule has 2 aromatic rings. The highest BCUT2D eigenvalue weighted by atomic mass is 16.1. The fourth-order valence-electron chi connectivity index (χ4n) is 2.15. The van der Waals surface area contributed by atoms with E-state index in [0.717, 1.165) is 11.5 Å². The lowest BCUT2D eigenvalue weighted by molar-refractivity contribution is -0.122. The molecule has 1 amide bonds. The van der Waals surface area contributed by atoms with E-state index in [1.54, 1.807) is 10.9 Å². The molecule has 2 rings (SSSR count). The molecular formula is C15H21N5O. The SMILES string of the molecule is CC(C)C(NC(=O)CCc1ccccn1)c1ncnn1C. The Labute approximate surface area is 124 Å². The number of aromatic nitrogens is 4. The van der Waals surface area contributed by atoms with Crippen LogP contribution in [0.4, 0.5) is 0 Å². The highest BCUT2D eigenvalue weighted by Crippen LogP contribution is 2.19. The lowest BCUT2D eigenvalue weighted by Crippen LogP contribution is -2.33. The first-order chi connectivity index (χ1) is 10.1. The minimum absolute atomic E-state index is 0.00218. The number of nitrogens with zero attached hydrogens (tertiary/aromatic N) is 4. The van der Waals surface area contributed by atoms with Crippen molar-refractivity contribution in [2.24, 2.45) is 13.0 Å². The Morgan fingerprint density at radius 2 is 2.14 bits per heavy atom. The molecule has 21 heavy (non-hydrogen) atoms. The van der Waals surface area contributed by atoms with Crippen LogP contribution in [0.25, 0.3) is 0 Å². The summed E-state index contributed by atoms with van der Waals surface area (Å²) in [4.78, 5) is 20.6. The summed E-state index contributed by atoms with van der Waals surface area (Å²) in [5.41, 5.74) is 0.924. The molecular weight excluding hydrogens is 266 g/mol. The second kappa shape index (κ2) is 6.97. The molecule has 0 aromatic carbocycles. The van der Waals surface area contributed by atoms with Gasteiger partial charge in [0.15, 0.2) is 0 Å². The van der Waals surface area contributed by atoms with Crippen LogP contribution >= 0.6 is 0 Å². The second-order valence-corrected chi connectivity index (χ2v) is 5.35. The van der Waals surface area contributed by atoms with E-state index in [-0.39, 0.29) is 17.9 Å². The normalized spacial score (nSPS) is 12.4. The Morgan fingerprint density at radius 3 is 2.71 bits per heavy atom. The maximum atomic E-state index is 12.1. The Hall–Kier alpha value is -2.24. The zero-order chi connectivity index (χ0) is 15.2. The molecule has 0 aliphatic carbocycles. The predicted octanol–water partition coefficient (Wildman–Crippen LogP) is 1.66. The van der Waals surface area contributed by atoms with Gasteiger partial charge in [0.2, 0.25) is 5.91 Å². The van der Waals surface area contributed by atoms with Gasteiger partial charge in [0, 0.05) is 25.4 Å². The standard InChI is InChI=1S/C15H21N5O/c1-11(2)14(15-17-10-18-20(15)3)19-13(21)8-7-12-6-4-5-9-16-12/h4-6,9-11,14H,7-8H2,1-3H3,(H,19,21). The molecule has 6 nitrogen and oxygen atoms in total. The molecule has 1 atom stereocenters. The van der Waals surface area contributed by atoms with Crippen LogP contribution in [-0.2, 0) is 18.3 Å². The Balaban J connectivity index is 1.95. The van der Waals surface area contributed by atoms with Crippen molar-refractivity contribution in [2.75, 3.05) is 0 Å². The molecule has 1 N–H and O–H groups in total. The molecule has 0 radical (unpaired) electrons. The molecule has 1 unspecified atom stereocenters.